The number of carbonyl (C=O) groups excluding carboxylic acids is 2. The van der Waals surface area contributed by atoms with E-state index in [1.165, 1.54) is 0 Å². The average Bonchev–Trinajstić information content (AvgIpc) is 3.35. The van der Waals surface area contributed by atoms with E-state index in [4.69, 9.17) is 4.52 Å². The largest absolute Gasteiger partial charge is 0.360 e. The Hall–Kier alpha value is -2.71. The van der Waals surface area contributed by atoms with Gasteiger partial charge in [0, 0.05) is 38.0 Å². The summed E-state index contributed by atoms with van der Waals surface area (Å²) in [7, 11) is 0. The highest BCUT2D eigenvalue weighted by atomic mass is 16.5. The average molecular weight is 370 g/mol. The van der Waals surface area contributed by atoms with Crippen molar-refractivity contribution in [2.75, 3.05) is 19.6 Å². The molecule has 27 heavy (non-hydrogen) atoms. The molecule has 2 fully saturated rings. The summed E-state index contributed by atoms with van der Waals surface area (Å²) in [5, 5.41) is 12.4. The second kappa shape index (κ2) is 6.47. The highest BCUT2D eigenvalue weighted by Crippen LogP contribution is 2.28. The summed E-state index contributed by atoms with van der Waals surface area (Å²) < 4.78 is 7.16. The van der Waals surface area contributed by atoms with E-state index in [-0.39, 0.29) is 17.9 Å². The van der Waals surface area contributed by atoms with Gasteiger partial charge in [0.15, 0.2) is 5.69 Å². The van der Waals surface area contributed by atoms with Crippen LogP contribution in [0.1, 0.15) is 59.2 Å². The van der Waals surface area contributed by atoms with E-state index in [0.717, 1.165) is 55.7 Å². The summed E-state index contributed by atoms with van der Waals surface area (Å²) in [4.78, 5) is 28.1. The van der Waals surface area contributed by atoms with E-state index < -0.39 is 0 Å². The first-order valence-electron chi connectivity index (χ1n) is 9.64. The predicted octanol–water partition coefficient (Wildman–Crippen LogP) is 0.964. The van der Waals surface area contributed by atoms with Crippen molar-refractivity contribution in [3.63, 3.8) is 0 Å². The Labute approximate surface area is 156 Å². The Balaban J connectivity index is 1.20. The summed E-state index contributed by atoms with van der Waals surface area (Å²) in [6, 6.07) is 0.118. The molecule has 2 aromatic heterocycles. The molecule has 9 heteroatoms. The maximum Gasteiger partial charge on any atom is 0.276 e. The molecule has 142 valence electrons. The predicted molar refractivity (Wildman–Crippen MR) is 92.8 cm³/mol. The normalized spacial score (nSPS) is 20.1. The monoisotopic (exact) mass is 370 g/mol. The van der Waals surface area contributed by atoms with Crippen LogP contribution in [0, 0.1) is 0 Å². The van der Waals surface area contributed by atoms with Crippen molar-refractivity contribution in [3.8, 4) is 0 Å². The molecule has 2 aromatic rings. The minimum atomic E-state index is -0.0545. The lowest BCUT2D eigenvalue weighted by Crippen LogP contribution is -2.51. The number of rotatable bonds is 4. The molecule has 2 amide bonds. The van der Waals surface area contributed by atoms with Crippen LogP contribution in [0.3, 0.4) is 0 Å². The van der Waals surface area contributed by atoms with E-state index in [2.05, 4.69) is 15.5 Å². The first-order valence-corrected chi connectivity index (χ1v) is 9.64. The zero-order valence-corrected chi connectivity index (χ0v) is 15.1. The first-order chi connectivity index (χ1) is 13.2. The third-order valence-electron chi connectivity index (χ3n) is 5.76. The molecule has 9 nitrogen and oxygen atoms in total. The van der Waals surface area contributed by atoms with Crippen LogP contribution >= 0.6 is 0 Å². The fraction of sp³-hybridized carbons (Fsp3) is 0.611. The molecule has 3 aliphatic rings. The molecular formula is C18H22N6O3. The van der Waals surface area contributed by atoms with Crippen LogP contribution in [-0.2, 0) is 24.2 Å². The summed E-state index contributed by atoms with van der Waals surface area (Å²) in [5.41, 5.74) is 2.27. The van der Waals surface area contributed by atoms with Gasteiger partial charge in [0.25, 0.3) is 5.91 Å². The van der Waals surface area contributed by atoms with Crippen LogP contribution in [0.25, 0.3) is 0 Å². The van der Waals surface area contributed by atoms with Crippen molar-refractivity contribution in [2.24, 2.45) is 0 Å². The van der Waals surface area contributed by atoms with Gasteiger partial charge in [-0.2, -0.15) is 0 Å². The van der Waals surface area contributed by atoms with Gasteiger partial charge in [-0.3, -0.25) is 9.59 Å². The zero-order valence-electron chi connectivity index (χ0n) is 15.1. The van der Waals surface area contributed by atoms with Crippen LogP contribution in [-0.4, -0.2) is 61.4 Å². The molecule has 0 saturated carbocycles. The number of hydrogen-bond acceptors (Lipinski definition) is 6. The van der Waals surface area contributed by atoms with Crippen molar-refractivity contribution in [2.45, 2.75) is 51.1 Å². The van der Waals surface area contributed by atoms with Gasteiger partial charge in [-0.05, 0) is 25.7 Å². The van der Waals surface area contributed by atoms with Gasteiger partial charge in [0.1, 0.15) is 11.5 Å². The topological polar surface area (TPSA) is 97.4 Å². The number of hydrogen-bond donors (Lipinski definition) is 0. The summed E-state index contributed by atoms with van der Waals surface area (Å²) in [6.45, 7) is 2.48. The standard InChI is InChI=1S/C18H22N6O3/c25-16-6-3-7-22(16)8-12-9-24(21-19-12)13-10-23(11-13)18(26)17-14-4-1-2-5-15(14)27-20-17/h9,13H,1-8,10-11H2. The number of aryl methyl sites for hydroxylation is 1. The van der Waals surface area contributed by atoms with Crippen LogP contribution in [0.2, 0.25) is 0 Å². The molecule has 2 saturated heterocycles. The quantitative estimate of drug-likeness (QED) is 0.795. The van der Waals surface area contributed by atoms with Gasteiger partial charge in [-0.15, -0.1) is 5.10 Å². The third kappa shape index (κ3) is 2.90. The number of likely N-dealkylation sites (tertiary alicyclic amines) is 2. The van der Waals surface area contributed by atoms with Gasteiger partial charge < -0.3 is 14.3 Å². The minimum Gasteiger partial charge on any atom is -0.360 e. The molecule has 5 rings (SSSR count). The van der Waals surface area contributed by atoms with Crippen molar-refractivity contribution < 1.29 is 14.1 Å². The highest BCUT2D eigenvalue weighted by molar-refractivity contribution is 5.94. The lowest BCUT2D eigenvalue weighted by molar-refractivity contribution is -0.128. The Morgan fingerprint density at radius 2 is 2.04 bits per heavy atom. The third-order valence-corrected chi connectivity index (χ3v) is 5.76. The summed E-state index contributed by atoms with van der Waals surface area (Å²) >= 11 is 0. The molecule has 0 bridgehead atoms. The maximum atomic E-state index is 12.7. The summed E-state index contributed by atoms with van der Waals surface area (Å²) in [5.74, 6) is 1.00. The van der Waals surface area contributed by atoms with E-state index >= 15 is 0 Å². The Morgan fingerprint density at radius 3 is 2.85 bits per heavy atom. The second-order valence-corrected chi connectivity index (χ2v) is 7.61. The van der Waals surface area contributed by atoms with E-state index in [1.807, 2.05) is 11.1 Å². The Bertz CT molecular complexity index is 882. The number of nitrogens with zero attached hydrogens (tertiary/aromatic N) is 6. The van der Waals surface area contributed by atoms with E-state index in [0.29, 0.717) is 31.7 Å². The fourth-order valence-electron chi connectivity index (χ4n) is 4.12. The lowest BCUT2D eigenvalue weighted by atomic mass is 9.95. The lowest BCUT2D eigenvalue weighted by Gasteiger charge is -2.38. The molecule has 0 unspecified atom stereocenters. The molecular weight excluding hydrogens is 348 g/mol. The van der Waals surface area contributed by atoms with Gasteiger partial charge in [0.2, 0.25) is 5.91 Å². The van der Waals surface area contributed by atoms with Gasteiger partial charge >= 0.3 is 0 Å². The smallest absolute Gasteiger partial charge is 0.276 e. The zero-order chi connectivity index (χ0) is 18.4. The van der Waals surface area contributed by atoms with Crippen molar-refractivity contribution in [3.05, 3.63) is 28.9 Å². The van der Waals surface area contributed by atoms with Crippen molar-refractivity contribution in [1.82, 2.24) is 30.0 Å². The molecule has 2 aliphatic heterocycles. The molecule has 4 heterocycles. The van der Waals surface area contributed by atoms with Crippen LogP contribution in [0.5, 0.6) is 0 Å². The number of fused-ring (bicyclic) bond motifs is 1. The van der Waals surface area contributed by atoms with Gasteiger partial charge in [0.05, 0.1) is 18.8 Å². The Morgan fingerprint density at radius 1 is 1.19 bits per heavy atom. The van der Waals surface area contributed by atoms with Crippen LogP contribution < -0.4 is 0 Å². The fourth-order valence-corrected chi connectivity index (χ4v) is 4.12. The van der Waals surface area contributed by atoms with Crippen molar-refractivity contribution in [1.29, 1.82) is 0 Å². The molecule has 1 aliphatic carbocycles. The molecule has 0 atom stereocenters. The first kappa shape index (κ1) is 16.5. The molecule has 0 spiro atoms. The van der Waals surface area contributed by atoms with Crippen LogP contribution in [0.4, 0.5) is 0 Å². The Kier molecular flexibility index (Phi) is 3.95. The van der Waals surface area contributed by atoms with Crippen molar-refractivity contribution >= 4 is 11.8 Å². The summed E-state index contributed by atoms with van der Waals surface area (Å²) in [6.07, 6.45) is 7.35. The number of aromatic nitrogens is 4. The van der Waals surface area contributed by atoms with Gasteiger partial charge in [-0.25, -0.2) is 4.68 Å². The van der Waals surface area contributed by atoms with E-state index in [9.17, 15) is 9.59 Å². The molecule has 0 radical (unpaired) electrons. The maximum absolute atomic E-state index is 12.7. The second-order valence-electron chi connectivity index (χ2n) is 7.61. The molecule has 0 aromatic carbocycles. The van der Waals surface area contributed by atoms with Gasteiger partial charge in [-0.1, -0.05) is 10.4 Å². The molecule has 0 N–H and O–H groups in total. The minimum absolute atomic E-state index is 0.0545. The van der Waals surface area contributed by atoms with Crippen LogP contribution in [0.15, 0.2) is 10.7 Å². The SMILES string of the molecule is O=C1CCCN1Cc1cn(C2CN(C(=O)c3noc4c3CCCC4)C2)nn1. The highest BCUT2D eigenvalue weighted by Gasteiger charge is 2.36. The number of carbonyl (C=O) groups is 2. The number of amides is 2. The van der Waals surface area contributed by atoms with E-state index in [1.54, 1.807) is 9.58 Å².